The third-order valence-corrected chi connectivity index (χ3v) is 3.19. The van der Waals surface area contributed by atoms with Crippen LogP contribution in [0.2, 0.25) is 0 Å². The molecule has 0 saturated carbocycles. The van der Waals surface area contributed by atoms with Gasteiger partial charge < -0.3 is 4.74 Å². The quantitative estimate of drug-likeness (QED) is 0.723. The van der Waals surface area contributed by atoms with Crippen LogP contribution in [0.1, 0.15) is 5.56 Å². The molecular formula is C9H12OS2. The van der Waals surface area contributed by atoms with E-state index < -0.39 is 0 Å². The molecule has 0 amide bonds. The van der Waals surface area contributed by atoms with E-state index in [2.05, 4.69) is 6.07 Å². The average Bonchev–Trinajstić information content (AvgIpc) is 2.04. The second-order valence-corrected chi connectivity index (χ2v) is 5.47. The molecular weight excluding hydrogens is 188 g/mol. The lowest BCUT2D eigenvalue weighted by atomic mass is 10.2. The van der Waals surface area contributed by atoms with Gasteiger partial charge in [0, 0.05) is 4.90 Å². The van der Waals surface area contributed by atoms with E-state index in [0.717, 1.165) is 11.3 Å². The zero-order chi connectivity index (χ0) is 9.14. The van der Waals surface area contributed by atoms with Crippen molar-refractivity contribution in [2.75, 3.05) is 13.4 Å². The minimum Gasteiger partial charge on any atom is -0.496 e. The second kappa shape index (κ2) is 4.01. The van der Waals surface area contributed by atoms with Gasteiger partial charge in [0.05, 0.1) is 7.11 Å². The molecule has 1 rings (SSSR count). The molecule has 0 bridgehead atoms. The molecule has 3 heteroatoms. The zero-order valence-electron chi connectivity index (χ0n) is 7.46. The molecule has 0 aliphatic rings. The van der Waals surface area contributed by atoms with Crippen LogP contribution in [0.15, 0.2) is 23.1 Å². The second-order valence-electron chi connectivity index (χ2n) is 2.59. The molecule has 1 aromatic carbocycles. The topological polar surface area (TPSA) is 9.23 Å². The van der Waals surface area contributed by atoms with E-state index in [1.807, 2.05) is 25.3 Å². The number of hydrogen-bond donors (Lipinski definition) is 0. The number of aryl methyl sites for hydroxylation is 1. The van der Waals surface area contributed by atoms with E-state index in [1.54, 1.807) is 7.11 Å². The summed E-state index contributed by atoms with van der Waals surface area (Å²) in [6.45, 7) is 2.03. The lowest BCUT2D eigenvalue weighted by Gasteiger charge is -2.06. The summed E-state index contributed by atoms with van der Waals surface area (Å²) >= 11 is 5.17. The van der Waals surface area contributed by atoms with E-state index in [-0.39, 0.29) is 9.45 Å². The van der Waals surface area contributed by atoms with Gasteiger partial charge in [-0.3, -0.25) is 0 Å². The molecule has 0 fully saturated rings. The molecule has 0 spiro atoms. The lowest BCUT2D eigenvalue weighted by molar-refractivity contribution is 0.411. The van der Waals surface area contributed by atoms with Gasteiger partial charge in [0.25, 0.3) is 0 Å². The maximum atomic E-state index is 5.17. The van der Waals surface area contributed by atoms with Gasteiger partial charge in [-0.05, 0) is 48.1 Å². The van der Waals surface area contributed by atoms with Gasteiger partial charge in [-0.25, -0.2) is 0 Å². The Balaban J connectivity index is 3.10. The van der Waals surface area contributed by atoms with E-state index in [9.17, 15) is 0 Å². The molecule has 0 saturated heterocycles. The van der Waals surface area contributed by atoms with Crippen molar-refractivity contribution in [3.05, 3.63) is 23.8 Å². The van der Waals surface area contributed by atoms with E-state index in [1.165, 1.54) is 4.90 Å². The van der Waals surface area contributed by atoms with Crippen molar-refractivity contribution in [2.24, 2.45) is 0 Å². The number of hydrogen-bond acceptors (Lipinski definition) is 2. The predicted molar refractivity (Wildman–Crippen MR) is 56.7 cm³/mol. The molecule has 1 unspecified atom stereocenters. The summed E-state index contributed by atoms with van der Waals surface area (Å²) < 4.78 is 5.15. The van der Waals surface area contributed by atoms with Gasteiger partial charge in [0.15, 0.2) is 0 Å². The summed E-state index contributed by atoms with van der Waals surface area (Å²) in [6, 6.07) is 6.09. The van der Waals surface area contributed by atoms with Crippen LogP contribution < -0.4 is 4.74 Å². The summed E-state index contributed by atoms with van der Waals surface area (Å²) in [6.07, 6.45) is 2.04. The highest BCUT2D eigenvalue weighted by Crippen LogP contribution is 2.19. The molecule has 0 aliphatic carbocycles. The number of rotatable bonds is 2. The van der Waals surface area contributed by atoms with E-state index in [4.69, 9.17) is 15.9 Å². The Kier molecular flexibility index (Phi) is 3.23. The van der Waals surface area contributed by atoms with Crippen molar-refractivity contribution in [3.63, 3.8) is 0 Å². The fourth-order valence-corrected chi connectivity index (χ4v) is 1.94. The monoisotopic (exact) mass is 200 g/mol. The Hall–Kier alpha value is -0.410. The number of ether oxygens (including phenoxy) is 1. The highest BCUT2D eigenvalue weighted by Gasteiger charge is 1.99. The molecule has 1 atom stereocenters. The van der Waals surface area contributed by atoms with Gasteiger partial charge in [-0.1, -0.05) is 9.45 Å². The predicted octanol–water partition coefficient (Wildman–Crippen LogP) is 2.07. The Bertz CT molecular complexity index is 307. The molecule has 0 aromatic heterocycles. The lowest BCUT2D eigenvalue weighted by Crippen LogP contribution is -1.90. The fourth-order valence-electron chi connectivity index (χ4n) is 1.03. The minimum atomic E-state index is -0.0717. The Morgan fingerprint density at radius 2 is 2.08 bits per heavy atom. The largest absolute Gasteiger partial charge is 0.496 e. The minimum absolute atomic E-state index is 0.0717. The molecule has 0 radical (unpaired) electrons. The SMILES string of the molecule is COc1ccc(S(C)=S)cc1C. The Labute approximate surface area is 80.3 Å². The van der Waals surface area contributed by atoms with Crippen LogP contribution in [-0.4, -0.2) is 13.4 Å². The third kappa shape index (κ3) is 2.05. The highest BCUT2D eigenvalue weighted by molar-refractivity contribution is 8.28. The summed E-state index contributed by atoms with van der Waals surface area (Å²) in [7, 11) is 1.61. The molecule has 0 N–H and O–H groups in total. The molecule has 1 aromatic rings. The van der Waals surface area contributed by atoms with Crippen LogP contribution in [0, 0.1) is 6.92 Å². The first-order chi connectivity index (χ1) is 5.65. The Morgan fingerprint density at radius 1 is 1.42 bits per heavy atom. The van der Waals surface area contributed by atoms with Crippen molar-refractivity contribution < 1.29 is 4.74 Å². The van der Waals surface area contributed by atoms with Crippen molar-refractivity contribution in [1.29, 1.82) is 0 Å². The Morgan fingerprint density at radius 3 is 2.50 bits per heavy atom. The molecule has 0 heterocycles. The first kappa shape index (κ1) is 9.68. The first-order valence-corrected chi connectivity index (χ1v) is 6.19. The van der Waals surface area contributed by atoms with Crippen LogP contribution in [0.3, 0.4) is 0 Å². The van der Waals surface area contributed by atoms with Gasteiger partial charge in [0.1, 0.15) is 5.75 Å². The third-order valence-electron chi connectivity index (χ3n) is 1.70. The van der Waals surface area contributed by atoms with Crippen LogP contribution in [0.4, 0.5) is 0 Å². The standard InChI is InChI=1S/C9H12OS2/c1-7-6-8(12(3)11)4-5-9(7)10-2/h4-6H,1-3H3. The smallest absolute Gasteiger partial charge is 0.121 e. The maximum Gasteiger partial charge on any atom is 0.121 e. The van der Waals surface area contributed by atoms with Crippen LogP contribution in [0.25, 0.3) is 0 Å². The van der Waals surface area contributed by atoms with Crippen molar-refractivity contribution in [1.82, 2.24) is 0 Å². The van der Waals surface area contributed by atoms with Crippen LogP contribution in [-0.2, 0) is 20.6 Å². The van der Waals surface area contributed by atoms with Crippen molar-refractivity contribution >= 4 is 20.6 Å². The highest BCUT2D eigenvalue weighted by atomic mass is 32.8. The van der Waals surface area contributed by atoms with Crippen LogP contribution >= 0.6 is 0 Å². The number of benzene rings is 1. The zero-order valence-corrected chi connectivity index (χ0v) is 9.09. The number of methoxy groups -OCH3 is 1. The fraction of sp³-hybridized carbons (Fsp3) is 0.333. The van der Waals surface area contributed by atoms with Gasteiger partial charge in [-0.15, -0.1) is 0 Å². The van der Waals surface area contributed by atoms with Gasteiger partial charge >= 0.3 is 0 Å². The van der Waals surface area contributed by atoms with Crippen molar-refractivity contribution in [2.45, 2.75) is 11.8 Å². The van der Waals surface area contributed by atoms with Gasteiger partial charge in [0.2, 0.25) is 0 Å². The normalized spacial score (nSPS) is 12.6. The summed E-state index contributed by atoms with van der Waals surface area (Å²) in [5.74, 6) is 0.930. The molecule has 66 valence electrons. The summed E-state index contributed by atoms with van der Waals surface area (Å²) in [4.78, 5) is 1.21. The first-order valence-electron chi connectivity index (χ1n) is 3.63. The molecule has 1 nitrogen and oxygen atoms in total. The summed E-state index contributed by atoms with van der Waals surface area (Å²) in [5.41, 5.74) is 1.15. The average molecular weight is 200 g/mol. The van der Waals surface area contributed by atoms with E-state index in [0.29, 0.717) is 0 Å². The molecule has 12 heavy (non-hydrogen) atoms. The van der Waals surface area contributed by atoms with Gasteiger partial charge in [-0.2, -0.15) is 0 Å². The summed E-state index contributed by atoms with van der Waals surface area (Å²) in [5, 5.41) is 0. The maximum absolute atomic E-state index is 5.17. The van der Waals surface area contributed by atoms with Crippen LogP contribution in [0.5, 0.6) is 5.75 Å². The van der Waals surface area contributed by atoms with Crippen molar-refractivity contribution in [3.8, 4) is 5.75 Å². The van der Waals surface area contributed by atoms with E-state index >= 15 is 0 Å². The molecule has 0 aliphatic heterocycles.